The lowest BCUT2D eigenvalue weighted by Crippen LogP contribution is -2.22. The summed E-state index contributed by atoms with van der Waals surface area (Å²) in [4.78, 5) is 22.8. The minimum atomic E-state index is -4.51. The molecule has 1 unspecified atom stereocenters. The van der Waals surface area contributed by atoms with E-state index in [4.69, 9.17) is 9.84 Å². The van der Waals surface area contributed by atoms with E-state index in [0.29, 0.717) is 0 Å². The molecule has 1 atom stereocenters. The van der Waals surface area contributed by atoms with Crippen molar-refractivity contribution in [2.75, 3.05) is 0 Å². The van der Waals surface area contributed by atoms with Crippen molar-refractivity contribution in [1.29, 1.82) is 0 Å². The molecule has 0 aliphatic heterocycles. The second-order valence-electron chi connectivity index (χ2n) is 5.41. The number of allylic oxidation sites excluding steroid dienone is 1. The lowest BCUT2D eigenvalue weighted by molar-refractivity contribution is -0.144. The lowest BCUT2D eigenvalue weighted by atomic mass is 10.0. The Bertz CT molecular complexity index is 823. The van der Waals surface area contributed by atoms with Crippen LogP contribution < -0.4 is 4.74 Å². The van der Waals surface area contributed by atoms with Crippen LogP contribution in [0.25, 0.3) is 6.08 Å². The normalized spacial score (nSPS) is 12.8. The maximum absolute atomic E-state index is 12.9. The number of benzene rings is 2. The van der Waals surface area contributed by atoms with Gasteiger partial charge in [-0.15, -0.1) is 0 Å². The maximum atomic E-state index is 12.9. The van der Waals surface area contributed by atoms with Crippen molar-refractivity contribution in [2.45, 2.75) is 19.2 Å². The van der Waals surface area contributed by atoms with Gasteiger partial charge in [-0.1, -0.05) is 24.3 Å². The zero-order valence-electron chi connectivity index (χ0n) is 13.7. The summed E-state index contributed by atoms with van der Waals surface area (Å²) >= 11 is 0. The SMILES string of the molecule is CC(Oc1ccc(C(=O)/C=C/c2ccccc2C(F)(F)F)cc1)C(=O)O. The predicted molar refractivity (Wildman–Crippen MR) is 89.0 cm³/mol. The van der Waals surface area contributed by atoms with Gasteiger partial charge >= 0.3 is 12.1 Å². The summed E-state index contributed by atoms with van der Waals surface area (Å²) in [6.45, 7) is 1.36. The minimum absolute atomic E-state index is 0.108. The van der Waals surface area contributed by atoms with Crippen molar-refractivity contribution < 1.29 is 32.6 Å². The Balaban J connectivity index is 2.13. The van der Waals surface area contributed by atoms with Gasteiger partial charge in [-0.25, -0.2) is 4.79 Å². The molecule has 0 saturated heterocycles. The van der Waals surface area contributed by atoms with Crippen molar-refractivity contribution in [3.63, 3.8) is 0 Å². The molecule has 0 aliphatic rings. The van der Waals surface area contributed by atoms with Crippen LogP contribution in [0.5, 0.6) is 5.75 Å². The highest BCUT2D eigenvalue weighted by Crippen LogP contribution is 2.32. The number of carboxylic acids is 1. The quantitative estimate of drug-likeness (QED) is 0.607. The molecule has 2 rings (SSSR count). The van der Waals surface area contributed by atoms with Crippen LogP contribution >= 0.6 is 0 Å². The van der Waals surface area contributed by atoms with E-state index in [1.165, 1.54) is 49.4 Å². The number of carboxylic acid groups (broad SMARTS) is 1. The molecular weight excluding hydrogens is 349 g/mol. The Morgan fingerprint density at radius 2 is 1.69 bits per heavy atom. The number of ketones is 1. The van der Waals surface area contributed by atoms with Crippen LogP contribution in [-0.2, 0) is 11.0 Å². The van der Waals surface area contributed by atoms with Gasteiger partial charge in [-0.3, -0.25) is 4.79 Å². The van der Waals surface area contributed by atoms with E-state index >= 15 is 0 Å². The number of carbonyl (C=O) groups excluding carboxylic acids is 1. The molecule has 0 amide bonds. The average molecular weight is 364 g/mol. The Hall–Kier alpha value is -3.09. The molecule has 7 heteroatoms. The van der Waals surface area contributed by atoms with Crippen LogP contribution in [-0.4, -0.2) is 23.0 Å². The van der Waals surface area contributed by atoms with E-state index in [9.17, 15) is 22.8 Å². The molecule has 26 heavy (non-hydrogen) atoms. The van der Waals surface area contributed by atoms with Gasteiger partial charge in [0.15, 0.2) is 11.9 Å². The van der Waals surface area contributed by atoms with Crippen LogP contribution in [0.3, 0.4) is 0 Å². The third-order valence-corrected chi connectivity index (χ3v) is 3.48. The Labute approximate surface area is 147 Å². The van der Waals surface area contributed by atoms with Crippen molar-refractivity contribution in [3.8, 4) is 5.75 Å². The van der Waals surface area contributed by atoms with Crippen molar-refractivity contribution >= 4 is 17.8 Å². The molecule has 0 fully saturated rings. The van der Waals surface area contributed by atoms with E-state index in [0.717, 1.165) is 18.2 Å². The van der Waals surface area contributed by atoms with Crippen molar-refractivity contribution in [3.05, 3.63) is 71.3 Å². The number of rotatable bonds is 6. The monoisotopic (exact) mass is 364 g/mol. The molecule has 0 heterocycles. The zero-order chi connectivity index (χ0) is 19.3. The van der Waals surface area contributed by atoms with E-state index in [-0.39, 0.29) is 16.9 Å². The lowest BCUT2D eigenvalue weighted by Gasteiger charge is -2.10. The minimum Gasteiger partial charge on any atom is -0.479 e. The highest BCUT2D eigenvalue weighted by molar-refractivity contribution is 6.06. The second kappa shape index (κ2) is 7.86. The van der Waals surface area contributed by atoms with E-state index in [1.54, 1.807) is 0 Å². The number of halogens is 3. The molecule has 4 nitrogen and oxygen atoms in total. The molecule has 2 aromatic carbocycles. The van der Waals surface area contributed by atoms with Gasteiger partial charge in [0.2, 0.25) is 0 Å². The smallest absolute Gasteiger partial charge is 0.416 e. The highest BCUT2D eigenvalue weighted by Gasteiger charge is 2.32. The Morgan fingerprint density at radius 1 is 1.08 bits per heavy atom. The second-order valence-corrected chi connectivity index (χ2v) is 5.41. The first-order valence-corrected chi connectivity index (χ1v) is 7.56. The summed E-state index contributed by atoms with van der Waals surface area (Å²) in [6, 6.07) is 10.6. The van der Waals surface area contributed by atoms with Gasteiger partial charge in [-0.05, 0) is 48.9 Å². The molecule has 0 bridgehead atoms. The fourth-order valence-corrected chi connectivity index (χ4v) is 2.11. The van der Waals surface area contributed by atoms with Crippen LogP contribution in [0.1, 0.15) is 28.4 Å². The molecule has 0 radical (unpaired) electrons. The molecule has 0 saturated carbocycles. The van der Waals surface area contributed by atoms with E-state index in [2.05, 4.69) is 0 Å². The zero-order valence-corrected chi connectivity index (χ0v) is 13.7. The van der Waals surface area contributed by atoms with Gasteiger partial charge in [0.05, 0.1) is 5.56 Å². The number of hydrogen-bond donors (Lipinski definition) is 1. The number of hydrogen-bond acceptors (Lipinski definition) is 3. The third kappa shape index (κ3) is 4.95. The van der Waals surface area contributed by atoms with Crippen molar-refractivity contribution in [2.24, 2.45) is 0 Å². The largest absolute Gasteiger partial charge is 0.479 e. The molecule has 0 spiro atoms. The molecule has 136 valence electrons. The summed E-state index contributed by atoms with van der Waals surface area (Å²) in [6.07, 6.45) is -3.39. The van der Waals surface area contributed by atoms with Crippen molar-refractivity contribution in [1.82, 2.24) is 0 Å². The van der Waals surface area contributed by atoms with Crippen LogP contribution in [0, 0.1) is 0 Å². The first-order chi connectivity index (χ1) is 12.2. The summed E-state index contributed by atoms with van der Waals surface area (Å²) in [5, 5.41) is 8.78. The summed E-state index contributed by atoms with van der Waals surface area (Å²) in [7, 11) is 0. The summed E-state index contributed by atoms with van der Waals surface area (Å²) in [5.41, 5.74) is -0.694. The molecule has 2 aromatic rings. The Morgan fingerprint density at radius 3 is 2.27 bits per heavy atom. The van der Waals surface area contributed by atoms with E-state index < -0.39 is 29.6 Å². The van der Waals surface area contributed by atoms with Gasteiger partial charge in [0.1, 0.15) is 5.75 Å². The van der Waals surface area contributed by atoms with Gasteiger partial charge in [0.25, 0.3) is 0 Å². The highest BCUT2D eigenvalue weighted by atomic mass is 19.4. The Kier molecular flexibility index (Phi) is 5.82. The number of ether oxygens (including phenoxy) is 1. The molecular formula is C19H15F3O4. The van der Waals surface area contributed by atoms with Crippen LogP contribution in [0.2, 0.25) is 0 Å². The van der Waals surface area contributed by atoms with E-state index in [1.807, 2.05) is 0 Å². The molecule has 1 N–H and O–H groups in total. The maximum Gasteiger partial charge on any atom is 0.416 e. The van der Waals surface area contributed by atoms with Crippen LogP contribution in [0.15, 0.2) is 54.6 Å². The molecule has 0 aromatic heterocycles. The summed E-state index contributed by atoms with van der Waals surface area (Å²) in [5.74, 6) is -1.35. The van der Waals surface area contributed by atoms with Crippen LogP contribution in [0.4, 0.5) is 13.2 Å². The number of alkyl halides is 3. The topological polar surface area (TPSA) is 63.6 Å². The number of aliphatic carboxylic acids is 1. The first kappa shape index (κ1) is 19.2. The van der Waals surface area contributed by atoms with Gasteiger partial charge < -0.3 is 9.84 Å². The van der Waals surface area contributed by atoms with Gasteiger partial charge in [0, 0.05) is 5.56 Å². The standard InChI is InChI=1S/C19H15F3O4/c1-12(18(24)25)26-15-9-6-14(7-10-15)17(23)11-8-13-4-2-3-5-16(13)19(20,21)22/h2-12H,1H3,(H,24,25)/b11-8+. The third-order valence-electron chi connectivity index (χ3n) is 3.48. The average Bonchev–Trinajstić information content (AvgIpc) is 2.59. The fraction of sp³-hybridized carbons (Fsp3) is 0.158. The molecule has 0 aliphatic carbocycles. The first-order valence-electron chi connectivity index (χ1n) is 7.56. The van der Waals surface area contributed by atoms with Gasteiger partial charge in [-0.2, -0.15) is 13.2 Å². The fourth-order valence-electron chi connectivity index (χ4n) is 2.11. The summed E-state index contributed by atoms with van der Waals surface area (Å²) < 4.78 is 43.9. The number of carbonyl (C=O) groups is 2. The predicted octanol–water partition coefficient (Wildman–Crippen LogP) is 4.45.